The summed E-state index contributed by atoms with van der Waals surface area (Å²) in [5.74, 6) is -0.650. The molecular weight excluding hydrogens is 299 g/mol. The Morgan fingerprint density at radius 2 is 2.00 bits per heavy atom. The van der Waals surface area contributed by atoms with Crippen molar-refractivity contribution >= 4 is 21.8 Å². The van der Waals surface area contributed by atoms with Gasteiger partial charge in [-0.15, -0.1) is 0 Å². The van der Waals surface area contributed by atoms with E-state index in [-0.39, 0.29) is 5.56 Å². The van der Waals surface area contributed by atoms with Crippen LogP contribution in [0.25, 0.3) is 0 Å². The molecule has 0 aliphatic rings. The summed E-state index contributed by atoms with van der Waals surface area (Å²) >= 11 is 3.23. The lowest BCUT2D eigenvalue weighted by atomic mass is 10.1. The third-order valence-corrected chi connectivity index (χ3v) is 3.04. The Hall–Kier alpha value is -1.04. The van der Waals surface area contributed by atoms with Crippen LogP contribution in [-0.4, -0.2) is 30.6 Å². The molecule has 0 aromatic heterocycles. The standard InChI is InChI=1S/C11H11BrF3NO/c1-7-3-4-8(5-9(7)12)10(17)16(2)6-11(13,14)15/h3-5H,6H2,1-2H3. The van der Waals surface area contributed by atoms with E-state index in [0.717, 1.165) is 12.6 Å². The van der Waals surface area contributed by atoms with Gasteiger partial charge in [0.2, 0.25) is 0 Å². The molecule has 2 nitrogen and oxygen atoms in total. The van der Waals surface area contributed by atoms with Crippen LogP contribution < -0.4 is 0 Å². The van der Waals surface area contributed by atoms with Gasteiger partial charge in [-0.25, -0.2) is 0 Å². The fourth-order valence-corrected chi connectivity index (χ4v) is 1.67. The van der Waals surface area contributed by atoms with Crippen molar-refractivity contribution < 1.29 is 18.0 Å². The van der Waals surface area contributed by atoms with E-state index < -0.39 is 18.6 Å². The van der Waals surface area contributed by atoms with Gasteiger partial charge in [-0.3, -0.25) is 4.79 Å². The number of carbonyl (C=O) groups is 1. The van der Waals surface area contributed by atoms with Crippen LogP contribution >= 0.6 is 15.9 Å². The fraction of sp³-hybridized carbons (Fsp3) is 0.364. The summed E-state index contributed by atoms with van der Waals surface area (Å²) in [6, 6.07) is 4.71. The fourth-order valence-electron chi connectivity index (χ4n) is 1.29. The first-order valence-corrected chi connectivity index (χ1v) is 5.58. The number of hydrogen-bond donors (Lipinski definition) is 0. The highest BCUT2D eigenvalue weighted by Crippen LogP contribution is 2.20. The van der Waals surface area contributed by atoms with Gasteiger partial charge >= 0.3 is 6.18 Å². The normalized spacial score (nSPS) is 11.4. The molecule has 1 amide bonds. The minimum Gasteiger partial charge on any atom is -0.333 e. The predicted octanol–water partition coefficient (Wildman–Crippen LogP) is 3.39. The molecule has 94 valence electrons. The summed E-state index contributed by atoms with van der Waals surface area (Å²) in [5, 5.41) is 0. The van der Waals surface area contributed by atoms with Crippen molar-refractivity contribution in [2.24, 2.45) is 0 Å². The summed E-state index contributed by atoms with van der Waals surface area (Å²) in [5.41, 5.74) is 1.15. The molecular formula is C11H11BrF3NO. The summed E-state index contributed by atoms with van der Waals surface area (Å²) in [6.07, 6.45) is -4.38. The molecule has 0 N–H and O–H groups in total. The van der Waals surface area contributed by atoms with Gasteiger partial charge in [0.25, 0.3) is 5.91 Å². The highest BCUT2D eigenvalue weighted by Gasteiger charge is 2.31. The lowest BCUT2D eigenvalue weighted by Crippen LogP contribution is -2.35. The molecule has 0 atom stereocenters. The minimum atomic E-state index is -4.38. The van der Waals surface area contributed by atoms with E-state index in [1.807, 2.05) is 6.92 Å². The Labute approximate surface area is 106 Å². The number of rotatable bonds is 2. The van der Waals surface area contributed by atoms with Crippen molar-refractivity contribution in [1.29, 1.82) is 0 Å². The average Bonchev–Trinajstić information content (AvgIpc) is 2.18. The number of alkyl halides is 3. The van der Waals surface area contributed by atoms with E-state index in [1.165, 1.54) is 12.1 Å². The van der Waals surface area contributed by atoms with E-state index in [4.69, 9.17) is 0 Å². The zero-order valence-corrected chi connectivity index (χ0v) is 10.9. The van der Waals surface area contributed by atoms with Gasteiger partial charge in [-0.1, -0.05) is 22.0 Å². The average molecular weight is 310 g/mol. The maximum Gasteiger partial charge on any atom is 0.406 e. The molecule has 0 saturated heterocycles. The molecule has 0 heterocycles. The van der Waals surface area contributed by atoms with Gasteiger partial charge in [0.1, 0.15) is 6.54 Å². The van der Waals surface area contributed by atoms with E-state index in [0.29, 0.717) is 9.37 Å². The van der Waals surface area contributed by atoms with Gasteiger partial charge in [0.15, 0.2) is 0 Å². The van der Waals surface area contributed by atoms with Crippen LogP contribution in [0.15, 0.2) is 22.7 Å². The van der Waals surface area contributed by atoms with Gasteiger partial charge in [-0.2, -0.15) is 13.2 Å². The second-order valence-corrected chi connectivity index (χ2v) is 4.59. The number of hydrogen-bond acceptors (Lipinski definition) is 1. The number of amides is 1. The van der Waals surface area contributed by atoms with Crippen LogP contribution in [0.3, 0.4) is 0 Å². The van der Waals surface area contributed by atoms with E-state index in [1.54, 1.807) is 6.07 Å². The van der Waals surface area contributed by atoms with Crippen LogP contribution in [-0.2, 0) is 0 Å². The first kappa shape index (κ1) is 14.0. The molecule has 1 rings (SSSR count). The Morgan fingerprint density at radius 3 is 2.47 bits per heavy atom. The number of nitrogens with zero attached hydrogens (tertiary/aromatic N) is 1. The maximum absolute atomic E-state index is 12.1. The SMILES string of the molecule is Cc1ccc(C(=O)N(C)CC(F)(F)F)cc1Br. The predicted molar refractivity (Wildman–Crippen MR) is 61.9 cm³/mol. The number of halogens is 4. The first-order chi connectivity index (χ1) is 7.70. The van der Waals surface area contributed by atoms with Crippen LogP contribution in [0, 0.1) is 6.92 Å². The quantitative estimate of drug-likeness (QED) is 0.820. The number of benzene rings is 1. The van der Waals surface area contributed by atoms with E-state index in [9.17, 15) is 18.0 Å². The zero-order valence-electron chi connectivity index (χ0n) is 9.31. The largest absolute Gasteiger partial charge is 0.406 e. The van der Waals surface area contributed by atoms with Gasteiger partial charge in [0, 0.05) is 17.1 Å². The molecule has 0 spiro atoms. The van der Waals surface area contributed by atoms with Gasteiger partial charge in [-0.05, 0) is 24.6 Å². The first-order valence-electron chi connectivity index (χ1n) is 4.79. The zero-order chi connectivity index (χ0) is 13.2. The Kier molecular flexibility index (Phi) is 4.19. The van der Waals surface area contributed by atoms with Crippen molar-refractivity contribution in [3.63, 3.8) is 0 Å². The number of carbonyl (C=O) groups excluding carboxylic acids is 1. The number of aryl methyl sites for hydroxylation is 1. The summed E-state index contributed by atoms with van der Waals surface area (Å²) in [4.78, 5) is 12.3. The second kappa shape index (κ2) is 5.08. The van der Waals surface area contributed by atoms with E-state index in [2.05, 4.69) is 15.9 Å². The molecule has 17 heavy (non-hydrogen) atoms. The third kappa shape index (κ3) is 4.03. The van der Waals surface area contributed by atoms with Crippen molar-refractivity contribution in [2.75, 3.05) is 13.6 Å². The highest BCUT2D eigenvalue weighted by atomic mass is 79.9. The van der Waals surface area contributed by atoms with E-state index >= 15 is 0 Å². The Balaban J connectivity index is 2.85. The Bertz CT molecular complexity index is 431. The van der Waals surface area contributed by atoms with Gasteiger partial charge < -0.3 is 4.90 Å². The summed E-state index contributed by atoms with van der Waals surface area (Å²) in [6.45, 7) is 0.578. The lowest BCUT2D eigenvalue weighted by molar-refractivity contribution is -0.138. The molecule has 0 saturated carbocycles. The third-order valence-electron chi connectivity index (χ3n) is 2.18. The molecule has 0 radical (unpaired) electrons. The van der Waals surface area contributed by atoms with Crippen LogP contribution in [0.2, 0.25) is 0 Å². The van der Waals surface area contributed by atoms with Crippen molar-refractivity contribution in [2.45, 2.75) is 13.1 Å². The lowest BCUT2D eigenvalue weighted by Gasteiger charge is -2.19. The van der Waals surface area contributed by atoms with Gasteiger partial charge in [0.05, 0.1) is 0 Å². The summed E-state index contributed by atoms with van der Waals surface area (Å²) in [7, 11) is 1.13. The minimum absolute atomic E-state index is 0.231. The molecule has 0 bridgehead atoms. The van der Waals surface area contributed by atoms with Crippen LogP contribution in [0.1, 0.15) is 15.9 Å². The summed E-state index contributed by atoms with van der Waals surface area (Å²) < 4.78 is 37.1. The molecule has 0 fully saturated rings. The smallest absolute Gasteiger partial charge is 0.333 e. The Morgan fingerprint density at radius 1 is 1.41 bits per heavy atom. The molecule has 0 aliphatic heterocycles. The molecule has 1 aromatic rings. The van der Waals surface area contributed by atoms with Crippen molar-refractivity contribution in [3.05, 3.63) is 33.8 Å². The monoisotopic (exact) mass is 309 g/mol. The molecule has 1 aromatic carbocycles. The molecule has 0 unspecified atom stereocenters. The topological polar surface area (TPSA) is 20.3 Å². The van der Waals surface area contributed by atoms with Crippen LogP contribution in [0.4, 0.5) is 13.2 Å². The maximum atomic E-state index is 12.1. The van der Waals surface area contributed by atoms with Crippen molar-refractivity contribution in [1.82, 2.24) is 4.90 Å². The second-order valence-electron chi connectivity index (χ2n) is 3.74. The highest BCUT2D eigenvalue weighted by molar-refractivity contribution is 9.10. The molecule has 6 heteroatoms. The molecule has 0 aliphatic carbocycles. The van der Waals surface area contributed by atoms with Crippen LogP contribution in [0.5, 0.6) is 0 Å². The van der Waals surface area contributed by atoms with Crippen molar-refractivity contribution in [3.8, 4) is 0 Å².